The Hall–Kier alpha value is -3.26. The molecule has 0 aliphatic heterocycles. The number of hydrogen-bond donors (Lipinski definition) is 0. The zero-order chi connectivity index (χ0) is 15.7. The van der Waals surface area contributed by atoms with E-state index in [4.69, 9.17) is 8.83 Å². The topological polar surface area (TPSA) is 26.3 Å². The lowest BCUT2D eigenvalue weighted by Crippen LogP contribution is -1.72. The summed E-state index contributed by atoms with van der Waals surface area (Å²) in [5, 5.41) is 6.77. The molecular weight excluding hydrogens is 296 g/mol. The minimum atomic E-state index is 0.828. The lowest BCUT2D eigenvalue weighted by molar-refractivity contribution is 0.635. The average Bonchev–Trinajstić information content (AvgIpc) is 3.20. The Morgan fingerprint density at radius 1 is 0.417 bits per heavy atom. The maximum atomic E-state index is 6.31. The van der Waals surface area contributed by atoms with Crippen LogP contribution in [-0.2, 0) is 0 Å². The zero-order valence-corrected chi connectivity index (χ0v) is 12.7. The molecule has 0 amide bonds. The SMILES string of the molecule is c1ccc2c(c1)ccc1c3ccc4c5ccccc5oc4c3oc21. The smallest absolute Gasteiger partial charge is 0.178 e. The monoisotopic (exact) mass is 308 g/mol. The van der Waals surface area contributed by atoms with Gasteiger partial charge in [-0.3, -0.25) is 0 Å². The van der Waals surface area contributed by atoms with Gasteiger partial charge in [-0.15, -0.1) is 0 Å². The van der Waals surface area contributed by atoms with Gasteiger partial charge in [0.1, 0.15) is 11.2 Å². The second-order valence-corrected chi connectivity index (χ2v) is 6.18. The molecule has 0 unspecified atom stereocenters. The minimum absolute atomic E-state index is 0.828. The molecule has 2 heterocycles. The van der Waals surface area contributed by atoms with E-state index < -0.39 is 0 Å². The van der Waals surface area contributed by atoms with Crippen molar-refractivity contribution >= 4 is 54.6 Å². The van der Waals surface area contributed by atoms with Gasteiger partial charge >= 0.3 is 0 Å². The highest BCUT2D eigenvalue weighted by molar-refractivity contribution is 6.22. The van der Waals surface area contributed by atoms with Crippen molar-refractivity contribution < 1.29 is 8.83 Å². The molecule has 0 bridgehead atoms. The van der Waals surface area contributed by atoms with Gasteiger partial charge < -0.3 is 8.83 Å². The van der Waals surface area contributed by atoms with Crippen molar-refractivity contribution in [1.82, 2.24) is 0 Å². The quantitative estimate of drug-likeness (QED) is 0.314. The third-order valence-corrected chi connectivity index (χ3v) is 4.88. The first kappa shape index (κ1) is 12.2. The van der Waals surface area contributed by atoms with Crippen molar-refractivity contribution in [2.24, 2.45) is 0 Å². The van der Waals surface area contributed by atoms with E-state index in [9.17, 15) is 0 Å². The van der Waals surface area contributed by atoms with Gasteiger partial charge in [-0.05, 0) is 29.7 Å². The Morgan fingerprint density at radius 3 is 1.96 bits per heavy atom. The van der Waals surface area contributed by atoms with Crippen LogP contribution in [0.5, 0.6) is 0 Å². The molecule has 0 aliphatic carbocycles. The standard InChI is InChI=1S/C22H12O2/c1-2-6-14-13(5-1)9-10-17-18-12-11-16-15-7-3-4-8-19(15)23-21(16)22(18)24-20(14)17/h1-12H. The highest BCUT2D eigenvalue weighted by Gasteiger charge is 2.16. The number of furan rings is 2. The van der Waals surface area contributed by atoms with E-state index >= 15 is 0 Å². The fraction of sp³-hybridized carbons (Fsp3) is 0. The summed E-state index contributed by atoms with van der Waals surface area (Å²) in [4.78, 5) is 0. The summed E-state index contributed by atoms with van der Waals surface area (Å²) < 4.78 is 12.4. The van der Waals surface area contributed by atoms with Crippen LogP contribution in [0.1, 0.15) is 0 Å². The van der Waals surface area contributed by atoms with E-state index in [0.717, 1.165) is 49.3 Å². The van der Waals surface area contributed by atoms with Crippen LogP contribution in [0.2, 0.25) is 0 Å². The first-order chi connectivity index (χ1) is 11.9. The molecule has 0 saturated carbocycles. The van der Waals surface area contributed by atoms with Crippen LogP contribution in [0.4, 0.5) is 0 Å². The van der Waals surface area contributed by atoms with E-state index in [1.807, 2.05) is 30.3 Å². The molecule has 2 aromatic heterocycles. The van der Waals surface area contributed by atoms with Gasteiger partial charge in [0.25, 0.3) is 0 Å². The summed E-state index contributed by atoms with van der Waals surface area (Å²) in [7, 11) is 0. The average molecular weight is 308 g/mol. The molecule has 0 saturated heterocycles. The summed E-state index contributed by atoms with van der Waals surface area (Å²) >= 11 is 0. The summed E-state index contributed by atoms with van der Waals surface area (Å²) in [6.45, 7) is 0. The second-order valence-electron chi connectivity index (χ2n) is 6.18. The second kappa shape index (κ2) is 4.18. The predicted molar refractivity (Wildman–Crippen MR) is 98.5 cm³/mol. The molecule has 24 heavy (non-hydrogen) atoms. The molecule has 2 heteroatoms. The fourth-order valence-electron chi connectivity index (χ4n) is 3.74. The Labute approximate surface area is 136 Å². The minimum Gasteiger partial charge on any atom is -0.452 e. The molecule has 0 fully saturated rings. The highest BCUT2D eigenvalue weighted by atomic mass is 16.4. The van der Waals surface area contributed by atoms with E-state index in [0.29, 0.717) is 0 Å². The molecule has 112 valence electrons. The maximum Gasteiger partial charge on any atom is 0.178 e. The van der Waals surface area contributed by atoms with Gasteiger partial charge in [0.15, 0.2) is 11.2 Å². The van der Waals surface area contributed by atoms with Crippen molar-refractivity contribution in [3.05, 3.63) is 72.8 Å². The number of rotatable bonds is 0. The molecule has 0 radical (unpaired) electrons. The molecule has 0 spiro atoms. The van der Waals surface area contributed by atoms with Gasteiger partial charge in [-0.1, -0.05) is 48.5 Å². The van der Waals surface area contributed by atoms with Gasteiger partial charge in [-0.2, -0.15) is 0 Å². The summed E-state index contributed by atoms with van der Waals surface area (Å²) in [5.74, 6) is 0. The first-order valence-electron chi connectivity index (χ1n) is 8.04. The molecule has 6 aromatic rings. The fourth-order valence-corrected chi connectivity index (χ4v) is 3.74. The van der Waals surface area contributed by atoms with Crippen molar-refractivity contribution in [1.29, 1.82) is 0 Å². The van der Waals surface area contributed by atoms with Crippen LogP contribution in [0.3, 0.4) is 0 Å². The lowest BCUT2D eigenvalue weighted by atomic mass is 10.1. The van der Waals surface area contributed by atoms with Gasteiger partial charge in [0, 0.05) is 26.9 Å². The van der Waals surface area contributed by atoms with Gasteiger partial charge in [-0.25, -0.2) is 0 Å². The molecular formula is C22H12O2. The summed E-state index contributed by atoms with van der Waals surface area (Å²) in [5.41, 5.74) is 3.48. The molecule has 0 atom stereocenters. The first-order valence-corrected chi connectivity index (χ1v) is 8.04. The molecule has 4 aromatic carbocycles. The molecule has 0 aliphatic rings. The van der Waals surface area contributed by atoms with E-state index in [2.05, 4.69) is 42.5 Å². The Bertz CT molecular complexity index is 1400. The normalized spacial score (nSPS) is 12.2. The van der Waals surface area contributed by atoms with Crippen molar-refractivity contribution in [2.45, 2.75) is 0 Å². The van der Waals surface area contributed by atoms with Crippen LogP contribution in [0.15, 0.2) is 81.6 Å². The Morgan fingerprint density at radius 2 is 1.04 bits per heavy atom. The number of hydrogen-bond acceptors (Lipinski definition) is 2. The lowest BCUT2D eigenvalue weighted by Gasteiger charge is -1.97. The largest absolute Gasteiger partial charge is 0.452 e. The van der Waals surface area contributed by atoms with E-state index in [1.165, 1.54) is 5.39 Å². The molecule has 0 N–H and O–H groups in total. The molecule has 2 nitrogen and oxygen atoms in total. The number of para-hydroxylation sites is 1. The Balaban J connectivity index is 1.89. The highest BCUT2D eigenvalue weighted by Crippen LogP contribution is 2.40. The summed E-state index contributed by atoms with van der Waals surface area (Å²) in [6, 6.07) is 25.0. The van der Waals surface area contributed by atoms with Crippen LogP contribution in [0, 0.1) is 0 Å². The van der Waals surface area contributed by atoms with Crippen molar-refractivity contribution in [3.8, 4) is 0 Å². The van der Waals surface area contributed by atoms with E-state index in [-0.39, 0.29) is 0 Å². The Kier molecular flexibility index (Phi) is 2.12. The van der Waals surface area contributed by atoms with Gasteiger partial charge in [0.05, 0.1) is 0 Å². The zero-order valence-electron chi connectivity index (χ0n) is 12.7. The predicted octanol–water partition coefficient (Wildman–Crippen LogP) is 6.64. The van der Waals surface area contributed by atoms with Crippen molar-refractivity contribution in [3.63, 3.8) is 0 Å². The van der Waals surface area contributed by atoms with Crippen LogP contribution >= 0.6 is 0 Å². The van der Waals surface area contributed by atoms with Crippen molar-refractivity contribution in [2.75, 3.05) is 0 Å². The van der Waals surface area contributed by atoms with E-state index in [1.54, 1.807) is 0 Å². The van der Waals surface area contributed by atoms with Crippen LogP contribution in [0.25, 0.3) is 54.6 Å². The van der Waals surface area contributed by atoms with Crippen LogP contribution in [-0.4, -0.2) is 0 Å². The summed E-state index contributed by atoms with van der Waals surface area (Å²) in [6.07, 6.45) is 0. The van der Waals surface area contributed by atoms with Gasteiger partial charge in [0.2, 0.25) is 0 Å². The maximum absolute atomic E-state index is 6.31. The van der Waals surface area contributed by atoms with Crippen LogP contribution < -0.4 is 0 Å². The third-order valence-electron chi connectivity index (χ3n) is 4.88. The number of fused-ring (bicyclic) bond motifs is 9. The number of benzene rings is 4. The third kappa shape index (κ3) is 1.41. The molecule has 6 rings (SSSR count).